The summed E-state index contributed by atoms with van der Waals surface area (Å²) in [5.41, 5.74) is 1.38. The molecule has 0 saturated heterocycles. The number of anilines is 1. The van der Waals surface area contributed by atoms with Gasteiger partial charge in [-0.1, -0.05) is 0 Å². The van der Waals surface area contributed by atoms with E-state index in [9.17, 15) is 9.59 Å². The minimum absolute atomic E-state index is 0.0550. The number of hydrogen-bond acceptors (Lipinski definition) is 6. The number of aromatic amines is 1. The molecule has 1 aliphatic carbocycles. The Morgan fingerprint density at radius 2 is 1.78 bits per heavy atom. The predicted molar refractivity (Wildman–Crippen MR) is 102 cm³/mol. The number of pyridine rings is 1. The van der Waals surface area contributed by atoms with Gasteiger partial charge in [-0.15, -0.1) is 0 Å². The Morgan fingerprint density at radius 3 is 2.52 bits per heavy atom. The monoisotopic (exact) mass is 364 g/mol. The number of rotatable bonds is 4. The molecule has 27 heavy (non-hydrogen) atoms. The van der Waals surface area contributed by atoms with E-state index in [1.807, 2.05) is 12.1 Å². The van der Waals surface area contributed by atoms with E-state index in [2.05, 4.69) is 25.4 Å². The van der Waals surface area contributed by atoms with Crippen LogP contribution in [0.15, 0.2) is 58.6 Å². The van der Waals surface area contributed by atoms with Gasteiger partial charge >= 0.3 is 0 Å². The lowest BCUT2D eigenvalue weighted by molar-refractivity contribution is 0.304. The molecule has 0 radical (unpaired) electrons. The molecule has 3 aromatic heterocycles. The van der Waals surface area contributed by atoms with Gasteiger partial charge in [0.15, 0.2) is 5.82 Å². The van der Waals surface area contributed by atoms with Crippen molar-refractivity contribution in [1.82, 2.24) is 24.7 Å². The molecule has 3 heterocycles. The zero-order valence-corrected chi connectivity index (χ0v) is 14.7. The molecule has 4 rings (SSSR count). The summed E-state index contributed by atoms with van der Waals surface area (Å²) in [6, 6.07) is 7.29. The van der Waals surface area contributed by atoms with Crippen LogP contribution in [0.2, 0.25) is 0 Å². The summed E-state index contributed by atoms with van der Waals surface area (Å²) in [6.45, 7) is 0. The molecule has 3 aromatic rings. The third-order valence-electron chi connectivity index (χ3n) is 4.89. The van der Waals surface area contributed by atoms with E-state index in [0.29, 0.717) is 5.82 Å². The summed E-state index contributed by atoms with van der Waals surface area (Å²) in [4.78, 5) is 34.8. The highest BCUT2D eigenvalue weighted by atomic mass is 16.1. The Kier molecular flexibility index (Phi) is 4.78. The molecule has 0 unspecified atom stereocenters. The van der Waals surface area contributed by atoms with Gasteiger partial charge in [-0.2, -0.15) is 5.10 Å². The van der Waals surface area contributed by atoms with Crippen LogP contribution < -0.4 is 16.4 Å². The fraction of sp³-hybridized carbons (Fsp3) is 0.316. The van der Waals surface area contributed by atoms with E-state index in [4.69, 9.17) is 0 Å². The minimum atomic E-state index is -0.220. The standard InChI is InChI=1S/C19H20N6O2/c26-17-6-5-16(13-7-9-20-10-8-13)24-25(17)15-3-1-14(2-4-15)23-18-19(27)22-12-11-21-18/h5-12,14-15H,1-4H2,(H,21,23)(H,22,27). The van der Waals surface area contributed by atoms with E-state index in [1.165, 1.54) is 6.20 Å². The largest absolute Gasteiger partial charge is 0.363 e. The van der Waals surface area contributed by atoms with Crippen LogP contribution >= 0.6 is 0 Å². The molecule has 0 aliphatic heterocycles. The number of hydrogen-bond donors (Lipinski definition) is 2. The van der Waals surface area contributed by atoms with E-state index in [-0.39, 0.29) is 23.2 Å². The van der Waals surface area contributed by atoms with Gasteiger partial charge < -0.3 is 10.3 Å². The van der Waals surface area contributed by atoms with Crippen molar-refractivity contribution in [3.63, 3.8) is 0 Å². The molecule has 0 aromatic carbocycles. The van der Waals surface area contributed by atoms with Crippen molar-refractivity contribution in [2.75, 3.05) is 5.32 Å². The minimum Gasteiger partial charge on any atom is -0.363 e. The SMILES string of the molecule is O=c1[nH]ccnc1NC1CCC(n2nc(-c3ccncc3)ccc2=O)CC1. The topological polar surface area (TPSA) is 106 Å². The normalized spacial score (nSPS) is 19.6. The lowest BCUT2D eigenvalue weighted by atomic mass is 9.91. The van der Waals surface area contributed by atoms with Crippen LogP contribution in [-0.4, -0.2) is 30.8 Å². The predicted octanol–water partition coefficient (Wildman–Crippen LogP) is 1.98. The van der Waals surface area contributed by atoms with Crippen molar-refractivity contribution in [1.29, 1.82) is 0 Å². The van der Waals surface area contributed by atoms with Gasteiger partial charge in [0.1, 0.15) is 0 Å². The van der Waals surface area contributed by atoms with E-state index in [1.54, 1.807) is 35.4 Å². The molecule has 1 saturated carbocycles. The third kappa shape index (κ3) is 3.79. The highest BCUT2D eigenvalue weighted by Gasteiger charge is 2.24. The highest BCUT2D eigenvalue weighted by molar-refractivity contribution is 5.57. The Morgan fingerprint density at radius 1 is 1.00 bits per heavy atom. The summed E-state index contributed by atoms with van der Waals surface area (Å²) in [5.74, 6) is 0.343. The molecular formula is C19H20N6O2. The first-order valence-corrected chi connectivity index (χ1v) is 9.01. The van der Waals surface area contributed by atoms with Crippen molar-refractivity contribution >= 4 is 5.82 Å². The van der Waals surface area contributed by atoms with Gasteiger partial charge in [0.2, 0.25) is 0 Å². The van der Waals surface area contributed by atoms with E-state index < -0.39 is 0 Å². The smallest absolute Gasteiger partial charge is 0.290 e. The maximum Gasteiger partial charge on any atom is 0.290 e. The van der Waals surface area contributed by atoms with Crippen LogP contribution in [0.3, 0.4) is 0 Å². The molecule has 0 bridgehead atoms. The fourth-order valence-electron chi connectivity index (χ4n) is 3.48. The Hall–Kier alpha value is -3.29. The van der Waals surface area contributed by atoms with Crippen LogP contribution in [0.1, 0.15) is 31.7 Å². The Labute approximate surface area is 155 Å². The van der Waals surface area contributed by atoms with Crippen molar-refractivity contribution in [2.24, 2.45) is 0 Å². The van der Waals surface area contributed by atoms with Gasteiger partial charge in [0.25, 0.3) is 11.1 Å². The second-order valence-corrected chi connectivity index (χ2v) is 6.65. The summed E-state index contributed by atoms with van der Waals surface area (Å²) < 4.78 is 1.60. The second kappa shape index (κ2) is 7.53. The Bertz CT molecular complexity index is 1020. The van der Waals surface area contributed by atoms with E-state index >= 15 is 0 Å². The van der Waals surface area contributed by atoms with Crippen LogP contribution in [0, 0.1) is 0 Å². The number of H-pyrrole nitrogens is 1. The molecule has 0 atom stereocenters. The molecule has 8 heteroatoms. The first kappa shape index (κ1) is 17.1. The molecule has 1 fully saturated rings. The molecule has 2 N–H and O–H groups in total. The Balaban J connectivity index is 1.47. The molecule has 0 amide bonds. The van der Waals surface area contributed by atoms with Crippen molar-refractivity contribution < 1.29 is 0 Å². The first-order valence-electron chi connectivity index (χ1n) is 9.01. The van der Waals surface area contributed by atoms with Gasteiger partial charge in [-0.3, -0.25) is 14.6 Å². The number of aromatic nitrogens is 5. The van der Waals surface area contributed by atoms with Crippen LogP contribution in [0.25, 0.3) is 11.3 Å². The van der Waals surface area contributed by atoms with Crippen molar-refractivity contribution in [3.8, 4) is 11.3 Å². The van der Waals surface area contributed by atoms with E-state index in [0.717, 1.165) is 36.9 Å². The lowest BCUT2D eigenvalue weighted by Gasteiger charge is -2.29. The summed E-state index contributed by atoms with van der Waals surface area (Å²) >= 11 is 0. The third-order valence-corrected chi connectivity index (χ3v) is 4.89. The van der Waals surface area contributed by atoms with Gasteiger partial charge in [0, 0.05) is 42.5 Å². The van der Waals surface area contributed by atoms with Gasteiger partial charge in [-0.25, -0.2) is 9.67 Å². The average Bonchev–Trinajstić information content (AvgIpc) is 2.71. The first-order chi connectivity index (χ1) is 13.2. The average molecular weight is 364 g/mol. The second-order valence-electron chi connectivity index (χ2n) is 6.65. The van der Waals surface area contributed by atoms with Crippen molar-refractivity contribution in [3.05, 3.63) is 69.8 Å². The fourth-order valence-corrected chi connectivity index (χ4v) is 3.48. The number of nitrogens with one attached hydrogen (secondary N) is 2. The molecule has 138 valence electrons. The number of nitrogens with zero attached hydrogens (tertiary/aromatic N) is 4. The summed E-state index contributed by atoms with van der Waals surface area (Å²) in [7, 11) is 0. The quantitative estimate of drug-likeness (QED) is 0.733. The van der Waals surface area contributed by atoms with Crippen LogP contribution in [-0.2, 0) is 0 Å². The van der Waals surface area contributed by atoms with Crippen LogP contribution in [0.5, 0.6) is 0 Å². The van der Waals surface area contributed by atoms with Crippen molar-refractivity contribution in [2.45, 2.75) is 37.8 Å². The summed E-state index contributed by atoms with van der Waals surface area (Å²) in [5, 5.41) is 7.78. The molecular weight excluding hydrogens is 344 g/mol. The zero-order chi connectivity index (χ0) is 18.6. The molecule has 0 spiro atoms. The lowest BCUT2D eigenvalue weighted by Crippen LogP contribution is -2.34. The highest BCUT2D eigenvalue weighted by Crippen LogP contribution is 2.28. The summed E-state index contributed by atoms with van der Waals surface area (Å²) in [6.07, 6.45) is 9.81. The molecule has 8 nitrogen and oxygen atoms in total. The maximum absolute atomic E-state index is 12.3. The maximum atomic E-state index is 12.3. The van der Waals surface area contributed by atoms with Gasteiger partial charge in [-0.05, 0) is 43.9 Å². The van der Waals surface area contributed by atoms with Gasteiger partial charge in [0.05, 0.1) is 11.7 Å². The zero-order valence-electron chi connectivity index (χ0n) is 14.7. The van der Waals surface area contributed by atoms with Crippen LogP contribution in [0.4, 0.5) is 5.82 Å². The molecule has 1 aliphatic rings.